The Morgan fingerprint density at radius 2 is 1.94 bits per heavy atom. The SMILES string of the molecule is CCC(CC)(C(=O)N(C)C(C)CCSC)C(N)=S. The van der Waals surface area contributed by atoms with Gasteiger partial charge in [-0.25, -0.2) is 0 Å². The fraction of sp³-hybridized carbons (Fsp3) is 0.846. The van der Waals surface area contributed by atoms with Crippen LogP contribution in [0.2, 0.25) is 0 Å². The quantitative estimate of drug-likeness (QED) is 0.698. The second kappa shape index (κ2) is 8.00. The number of hydrogen-bond acceptors (Lipinski definition) is 3. The average molecular weight is 290 g/mol. The highest BCUT2D eigenvalue weighted by molar-refractivity contribution is 7.98. The standard InChI is InChI=1S/C13H26N2OS2/c1-6-13(7-2,11(14)17)12(16)15(4)10(3)8-9-18-5/h10H,6-9H2,1-5H3,(H2,14,17). The minimum atomic E-state index is -0.669. The third-order valence-electron chi connectivity index (χ3n) is 3.81. The molecule has 1 unspecified atom stereocenters. The van der Waals surface area contributed by atoms with Crippen molar-refractivity contribution in [3.63, 3.8) is 0 Å². The van der Waals surface area contributed by atoms with Crippen LogP contribution in [0.25, 0.3) is 0 Å². The maximum atomic E-state index is 12.6. The second-order valence-electron chi connectivity index (χ2n) is 4.70. The van der Waals surface area contributed by atoms with Crippen molar-refractivity contribution in [2.45, 2.75) is 46.1 Å². The summed E-state index contributed by atoms with van der Waals surface area (Å²) >= 11 is 6.92. The molecule has 0 radical (unpaired) electrons. The summed E-state index contributed by atoms with van der Waals surface area (Å²) in [7, 11) is 1.85. The molecule has 0 fully saturated rings. The summed E-state index contributed by atoms with van der Waals surface area (Å²) < 4.78 is 0. The highest BCUT2D eigenvalue weighted by Gasteiger charge is 2.40. The Labute approximate surface area is 121 Å². The van der Waals surface area contributed by atoms with Crippen molar-refractivity contribution in [3.05, 3.63) is 0 Å². The van der Waals surface area contributed by atoms with Gasteiger partial charge in [-0.15, -0.1) is 0 Å². The highest BCUT2D eigenvalue weighted by atomic mass is 32.2. The molecular weight excluding hydrogens is 264 g/mol. The van der Waals surface area contributed by atoms with Gasteiger partial charge >= 0.3 is 0 Å². The van der Waals surface area contributed by atoms with Gasteiger partial charge in [0.25, 0.3) is 0 Å². The van der Waals surface area contributed by atoms with Crippen molar-refractivity contribution in [2.75, 3.05) is 19.1 Å². The molecule has 0 bridgehead atoms. The first-order chi connectivity index (χ1) is 8.37. The van der Waals surface area contributed by atoms with Crippen molar-refractivity contribution >= 4 is 34.9 Å². The van der Waals surface area contributed by atoms with Gasteiger partial charge in [-0.05, 0) is 38.2 Å². The first kappa shape index (κ1) is 17.7. The summed E-state index contributed by atoms with van der Waals surface area (Å²) in [4.78, 5) is 14.8. The van der Waals surface area contributed by atoms with Crippen LogP contribution in [0.15, 0.2) is 0 Å². The van der Waals surface area contributed by atoms with E-state index in [0.29, 0.717) is 17.8 Å². The average Bonchev–Trinajstić information content (AvgIpc) is 2.36. The van der Waals surface area contributed by atoms with Gasteiger partial charge in [0.15, 0.2) is 0 Å². The van der Waals surface area contributed by atoms with E-state index < -0.39 is 5.41 Å². The smallest absolute Gasteiger partial charge is 0.235 e. The van der Waals surface area contributed by atoms with E-state index in [9.17, 15) is 4.79 Å². The van der Waals surface area contributed by atoms with E-state index >= 15 is 0 Å². The summed E-state index contributed by atoms with van der Waals surface area (Å²) in [5.41, 5.74) is 5.14. The van der Waals surface area contributed by atoms with E-state index in [1.54, 1.807) is 11.8 Å². The summed E-state index contributed by atoms with van der Waals surface area (Å²) in [6.45, 7) is 6.02. The lowest BCUT2D eigenvalue weighted by Gasteiger charge is -2.36. The summed E-state index contributed by atoms with van der Waals surface area (Å²) in [6, 6.07) is 0.219. The lowest BCUT2D eigenvalue weighted by Crippen LogP contribution is -2.51. The zero-order chi connectivity index (χ0) is 14.3. The molecule has 3 nitrogen and oxygen atoms in total. The second-order valence-corrected chi connectivity index (χ2v) is 6.13. The molecule has 1 amide bonds. The molecule has 18 heavy (non-hydrogen) atoms. The number of rotatable bonds is 8. The zero-order valence-electron chi connectivity index (χ0n) is 12.2. The summed E-state index contributed by atoms with van der Waals surface area (Å²) in [5, 5.41) is 0. The number of nitrogens with two attached hydrogens (primary N) is 1. The number of hydrogen-bond donors (Lipinski definition) is 1. The van der Waals surface area contributed by atoms with Crippen LogP contribution in [0.5, 0.6) is 0 Å². The number of amides is 1. The largest absolute Gasteiger partial charge is 0.392 e. The van der Waals surface area contributed by atoms with Crippen LogP contribution in [0.3, 0.4) is 0 Å². The van der Waals surface area contributed by atoms with Crippen LogP contribution in [0.1, 0.15) is 40.0 Å². The lowest BCUT2D eigenvalue weighted by atomic mass is 9.80. The van der Waals surface area contributed by atoms with Crippen molar-refractivity contribution in [1.82, 2.24) is 4.90 Å². The van der Waals surface area contributed by atoms with Gasteiger partial charge in [0, 0.05) is 13.1 Å². The predicted molar refractivity (Wildman–Crippen MR) is 85.0 cm³/mol. The third kappa shape index (κ3) is 3.85. The van der Waals surface area contributed by atoms with E-state index in [0.717, 1.165) is 12.2 Å². The Hall–Kier alpha value is -0.290. The Bertz CT molecular complexity index is 291. The molecule has 0 aliphatic carbocycles. The summed E-state index contributed by atoms with van der Waals surface area (Å²) in [5.74, 6) is 1.12. The highest BCUT2D eigenvalue weighted by Crippen LogP contribution is 2.30. The van der Waals surface area contributed by atoms with Gasteiger partial charge in [-0.1, -0.05) is 26.1 Å². The Balaban J connectivity index is 4.93. The number of carbonyl (C=O) groups is 1. The van der Waals surface area contributed by atoms with Crippen molar-refractivity contribution in [1.29, 1.82) is 0 Å². The molecule has 0 aromatic rings. The topological polar surface area (TPSA) is 46.3 Å². The first-order valence-corrected chi connectivity index (χ1v) is 8.23. The molecule has 0 spiro atoms. The van der Waals surface area contributed by atoms with Gasteiger partial charge in [0.2, 0.25) is 5.91 Å². The van der Waals surface area contributed by atoms with Gasteiger partial charge in [-0.3, -0.25) is 4.79 Å². The molecule has 0 heterocycles. The van der Waals surface area contributed by atoms with Crippen LogP contribution in [0, 0.1) is 5.41 Å². The molecule has 5 heteroatoms. The van der Waals surface area contributed by atoms with Crippen LogP contribution >= 0.6 is 24.0 Å². The number of carbonyl (C=O) groups excluding carboxylic acids is 1. The monoisotopic (exact) mass is 290 g/mol. The van der Waals surface area contributed by atoms with Crippen molar-refractivity contribution < 1.29 is 4.79 Å². The Morgan fingerprint density at radius 1 is 1.44 bits per heavy atom. The molecule has 0 aliphatic rings. The van der Waals surface area contributed by atoms with Crippen LogP contribution in [-0.2, 0) is 4.79 Å². The van der Waals surface area contributed by atoms with E-state index in [1.165, 1.54) is 0 Å². The van der Waals surface area contributed by atoms with Crippen LogP contribution in [-0.4, -0.2) is 40.9 Å². The van der Waals surface area contributed by atoms with Gasteiger partial charge in [0.1, 0.15) is 0 Å². The van der Waals surface area contributed by atoms with Gasteiger partial charge in [0.05, 0.1) is 10.4 Å². The molecule has 0 aliphatic heterocycles. The van der Waals surface area contributed by atoms with Gasteiger partial charge in [-0.2, -0.15) is 11.8 Å². The minimum absolute atomic E-state index is 0.0635. The molecule has 2 N–H and O–H groups in total. The minimum Gasteiger partial charge on any atom is -0.392 e. The Morgan fingerprint density at radius 3 is 2.28 bits per heavy atom. The molecule has 1 atom stereocenters. The number of thioether (sulfide) groups is 1. The first-order valence-electron chi connectivity index (χ1n) is 6.43. The van der Waals surface area contributed by atoms with E-state index in [2.05, 4.69) is 13.2 Å². The fourth-order valence-electron chi connectivity index (χ4n) is 2.03. The molecular formula is C13H26N2OS2. The zero-order valence-corrected chi connectivity index (χ0v) is 13.8. The molecule has 0 rings (SSSR count). The van der Waals surface area contributed by atoms with E-state index in [1.807, 2.05) is 25.8 Å². The maximum absolute atomic E-state index is 12.6. The van der Waals surface area contributed by atoms with Crippen molar-refractivity contribution in [3.8, 4) is 0 Å². The lowest BCUT2D eigenvalue weighted by molar-refractivity contribution is -0.139. The molecule has 0 saturated carbocycles. The molecule has 0 aromatic carbocycles. The van der Waals surface area contributed by atoms with Crippen molar-refractivity contribution in [2.24, 2.45) is 11.1 Å². The Kier molecular flexibility index (Phi) is 7.87. The van der Waals surface area contributed by atoms with Crippen LogP contribution in [0.4, 0.5) is 0 Å². The molecule has 106 valence electrons. The predicted octanol–water partition coefficient (Wildman–Crippen LogP) is 2.68. The van der Waals surface area contributed by atoms with Crippen LogP contribution < -0.4 is 5.73 Å². The normalized spacial score (nSPS) is 13.2. The summed E-state index contributed by atoms with van der Waals surface area (Å²) in [6.07, 6.45) is 4.39. The fourth-order valence-corrected chi connectivity index (χ4v) is 2.98. The van der Waals surface area contributed by atoms with Gasteiger partial charge < -0.3 is 10.6 Å². The number of thiocarbonyl (C=S) groups is 1. The molecule has 0 aromatic heterocycles. The van der Waals surface area contributed by atoms with E-state index in [4.69, 9.17) is 18.0 Å². The maximum Gasteiger partial charge on any atom is 0.235 e. The van der Waals surface area contributed by atoms with E-state index in [-0.39, 0.29) is 11.9 Å². The number of nitrogens with zero attached hydrogens (tertiary/aromatic N) is 1. The third-order valence-corrected chi connectivity index (χ3v) is 4.84. The molecule has 0 saturated heterocycles.